The lowest BCUT2D eigenvalue weighted by molar-refractivity contribution is -0.118. The molecular formula is C23H20N2O2S. The molecule has 3 aromatic carbocycles. The van der Waals surface area contributed by atoms with Crippen LogP contribution in [0.15, 0.2) is 66.0 Å². The second-order valence-corrected chi connectivity index (χ2v) is 7.56. The summed E-state index contributed by atoms with van der Waals surface area (Å²) < 4.78 is 5.64. The van der Waals surface area contributed by atoms with E-state index in [4.69, 9.17) is 4.74 Å². The number of carbonyl (C=O) groups excluding carboxylic acids is 1. The van der Waals surface area contributed by atoms with Crippen molar-refractivity contribution in [2.24, 2.45) is 0 Å². The molecule has 0 aliphatic rings. The van der Waals surface area contributed by atoms with Crippen molar-refractivity contribution >= 4 is 33.1 Å². The van der Waals surface area contributed by atoms with Crippen LogP contribution in [0.25, 0.3) is 22.0 Å². The number of carbonyl (C=O) groups is 1. The van der Waals surface area contributed by atoms with Crippen molar-refractivity contribution in [3.8, 4) is 17.0 Å². The number of ether oxygens (including phenoxy) is 1. The lowest BCUT2D eigenvalue weighted by Crippen LogP contribution is -2.20. The number of hydrogen-bond acceptors (Lipinski definition) is 4. The summed E-state index contributed by atoms with van der Waals surface area (Å²) in [5, 5.41) is 7.56. The maximum atomic E-state index is 12.2. The molecule has 0 atom stereocenters. The van der Waals surface area contributed by atoms with Gasteiger partial charge in [-0.15, -0.1) is 11.3 Å². The molecule has 0 saturated heterocycles. The van der Waals surface area contributed by atoms with Crippen LogP contribution in [0.5, 0.6) is 5.75 Å². The number of nitrogens with zero attached hydrogens (tertiary/aromatic N) is 1. The molecule has 0 spiro atoms. The Hall–Kier alpha value is -3.18. The first-order valence-electron chi connectivity index (χ1n) is 9.03. The van der Waals surface area contributed by atoms with E-state index in [0.717, 1.165) is 22.0 Å². The lowest BCUT2D eigenvalue weighted by Gasteiger charge is -2.07. The molecule has 28 heavy (non-hydrogen) atoms. The zero-order valence-electron chi connectivity index (χ0n) is 15.7. The molecule has 0 saturated carbocycles. The number of benzene rings is 3. The molecule has 1 N–H and O–H groups in total. The van der Waals surface area contributed by atoms with E-state index >= 15 is 0 Å². The fourth-order valence-corrected chi connectivity index (χ4v) is 3.84. The van der Waals surface area contributed by atoms with Crippen molar-refractivity contribution in [3.63, 3.8) is 0 Å². The molecule has 0 fully saturated rings. The second kappa shape index (κ2) is 7.82. The molecule has 4 rings (SSSR count). The summed E-state index contributed by atoms with van der Waals surface area (Å²) in [6.45, 7) is 4.08. The van der Waals surface area contributed by atoms with E-state index in [0.29, 0.717) is 10.9 Å². The molecule has 0 aliphatic carbocycles. The maximum Gasteiger partial charge on any atom is 0.264 e. The number of amides is 1. The molecule has 0 radical (unpaired) electrons. The first kappa shape index (κ1) is 18.2. The van der Waals surface area contributed by atoms with Gasteiger partial charge in [0.05, 0.1) is 5.69 Å². The molecule has 4 aromatic rings. The highest BCUT2D eigenvalue weighted by Gasteiger charge is 2.10. The molecule has 1 aromatic heterocycles. The lowest BCUT2D eigenvalue weighted by atomic mass is 10.0. The molecular weight excluding hydrogens is 368 g/mol. The predicted molar refractivity (Wildman–Crippen MR) is 115 cm³/mol. The largest absolute Gasteiger partial charge is 0.484 e. The van der Waals surface area contributed by atoms with E-state index in [1.54, 1.807) is 0 Å². The third-order valence-corrected chi connectivity index (χ3v) is 5.26. The van der Waals surface area contributed by atoms with Crippen LogP contribution >= 0.6 is 11.3 Å². The summed E-state index contributed by atoms with van der Waals surface area (Å²) >= 11 is 1.41. The Bertz CT molecular complexity index is 1150. The van der Waals surface area contributed by atoms with E-state index in [2.05, 4.69) is 42.3 Å². The number of thiazole rings is 1. The van der Waals surface area contributed by atoms with E-state index < -0.39 is 0 Å². The van der Waals surface area contributed by atoms with Gasteiger partial charge in [0.25, 0.3) is 5.91 Å². The minimum absolute atomic E-state index is 0.0587. The van der Waals surface area contributed by atoms with Crippen molar-refractivity contribution in [1.82, 2.24) is 4.98 Å². The fraction of sp³-hybridized carbons (Fsp3) is 0.130. The first-order chi connectivity index (χ1) is 13.6. The van der Waals surface area contributed by atoms with Gasteiger partial charge in [-0.05, 0) is 42.3 Å². The van der Waals surface area contributed by atoms with Crippen LogP contribution in [0.3, 0.4) is 0 Å². The van der Waals surface area contributed by atoms with Gasteiger partial charge in [0.2, 0.25) is 0 Å². The highest BCUT2D eigenvalue weighted by Crippen LogP contribution is 2.28. The summed E-state index contributed by atoms with van der Waals surface area (Å²) in [6, 6.07) is 20.1. The minimum atomic E-state index is -0.227. The summed E-state index contributed by atoms with van der Waals surface area (Å²) in [6.07, 6.45) is 0. The summed E-state index contributed by atoms with van der Waals surface area (Å²) in [5.41, 5.74) is 4.33. The summed E-state index contributed by atoms with van der Waals surface area (Å²) in [5.74, 6) is 0.443. The Labute approximate surface area is 167 Å². The van der Waals surface area contributed by atoms with Gasteiger partial charge in [0, 0.05) is 10.9 Å². The summed E-state index contributed by atoms with van der Waals surface area (Å²) in [4.78, 5) is 16.8. The average molecular weight is 388 g/mol. The SMILES string of the molecule is Cc1ccc(-c2csc(NC(=O)COc3ccc4ccccc4c3)n2)c(C)c1. The topological polar surface area (TPSA) is 51.2 Å². The van der Waals surface area contributed by atoms with Gasteiger partial charge in [-0.3, -0.25) is 10.1 Å². The van der Waals surface area contributed by atoms with Crippen LogP contribution in [0.2, 0.25) is 0 Å². The van der Waals surface area contributed by atoms with E-state index in [1.807, 2.05) is 47.8 Å². The highest BCUT2D eigenvalue weighted by molar-refractivity contribution is 7.14. The Morgan fingerprint density at radius 2 is 1.86 bits per heavy atom. The van der Waals surface area contributed by atoms with Crippen molar-refractivity contribution in [1.29, 1.82) is 0 Å². The molecule has 1 amide bonds. The number of hydrogen-bond donors (Lipinski definition) is 1. The minimum Gasteiger partial charge on any atom is -0.484 e. The fourth-order valence-electron chi connectivity index (χ4n) is 3.12. The van der Waals surface area contributed by atoms with Gasteiger partial charge in [-0.25, -0.2) is 4.98 Å². The number of rotatable bonds is 5. The van der Waals surface area contributed by atoms with E-state index in [1.165, 1.54) is 22.5 Å². The third-order valence-electron chi connectivity index (χ3n) is 4.50. The van der Waals surface area contributed by atoms with Gasteiger partial charge in [0.1, 0.15) is 5.75 Å². The van der Waals surface area contributed by atoms with Crippen LogP contribution in [-0.2, 0) is 4.79 Å². The third kappa shape index (κ3) is 4.05. The quantitative estimate of drug-likeness (QED) is 0.484. The van der Waals surface area contributed by atoms with Crippen LogP contribution in [0.4, 0.5) is 5.13 Å². The number of anilines is 1. The monoisotopic (exact) mass is 388 g/mol. The molecule has 4 nitrogen and oxygen atoms in total. The number of aromatic nitrogens is 1. The molecule has 0 bridgehead atoms. The normalized spacial score (nSPS) is 10.8. The Morgan fingerprint density at radius 1 is 1.04 bits per heavy atom. The van der Waals surface area contributed by atoms with Gasteiger partial charge in [-0.2, -0.15) is 0 Å². The molecule has 0 aliphatic heterocycles. The van der Waals surface area contributed by atoms with E-state index in [-0.39, 0.29) is 12.5 Å². The van der Waals surface area contributed by atoms with Gasteiger partial charge < -0.3 is 4.74 Å². The Kier molecular flexibility index (Phi) is 5.08. The molecule has 0 unspecified atom stereocenters. The van der Waals surface area contributed by atoms with Crippen molar-refractivity contribution in [3.05, 3.63) is 77.2 Å². The van der Waals surface area contributed by atoms with Crippen molar-refractivity contribution in [2.45, 2.75) is 13.8 Å². The average Bonchev–Trinajstić information content (AvgIpc) is 3.14. The van der Waals surface area contributed by atoms with Crippen molar-refractivity contribution < 1.29 is 9.53 Å². The molecule has 140 valence electrons. The van der Waals surface area contributed by atoms with Gasteiger partial charge in [0.15, 0.2) is 11.7 Å². The van der Waals surface area contributed by atoms with Crippen molar-refractivity contribution in [2.75, 3.05) is 11.9 Å². The maximum absolute atomic E-state index is 12.2. The Balaban J connectivity index is 1.39. The number of fused-ring (bicyclic) bond motifs is 1. The first-order valence-corrected chi connectivity index (χ1v) is 9.91. The van der Waals surface area contributed by atoms with Gasteiger partial charge in [-0.1, -0.05) is 54.1 Å². The zero-order valence-corrected chi connectivity index (χ0v) is 16.5. The van der Waals surface area contributed by atoms with Crippen LogP contribution in [-0.4, -0.2) is 17.5 Å². The van der Waals surface area contributed by atoms with Crippen LogP contribution < -0.4 is 10.1 Å². The molecule has 1 heterocycles. The van der Waals surface area contributed by atoms with Gasteiger partial charge >= 0.3 is 0 Å². The number of aryl methyl sites for hydroxylation is 2. The summed E-state index contributed by atoms with van der Waals surface area (Å²) in [7, 11) is 0. The van der Waals surface area contributed by atoms with Crippen LogP contribution in [0, 0.1) is 13.8 Å². The zero-order chi connectivity index (χ0) is 19.5. The standard InChI is InChI=1S/C23H20N2O2S/c1-15-7-10-20(16(2)11-15)21-14-28-23(24-21)25-22(26)13-27-19-9-8-17-5-3-4-6-18(17)12-19/h3-12,14H,13H2,1-2H3,(H,24,25,26). The predicted octanol–water partition coefficient (Wildman–Crippen LogP) is 5.60. The second-order valence-electron chi connectivity index (χ2n) is 6.70. The van der Waals surface area contributed by atoms with Crippen LogP contribution in [0.1, 0.15) is 11.1 Å². The highest BCUT2D eigenvalue weighted by atomic mass is 32.1. The smallest absolute Gasteiger partial charge is 0.264 e. The van der Waals surface area contributed by atoms with E-state index in [9.17, 15) is 4.79 Å². The Morgan fingerprint density at radius 3 is 2.68 bits per heavy atom. The molecule has 5 heteroatoms. The number of nitrogens with one attached hydrogen (secondary N) is 1.